The maximum absolute atomic E-state index is 5.92. The van der Waals surface area contributed by atoms with Crippen LogP contribution in [0.5, 0.6) is 0 Å². The van der Waals surface area contributed by atoms with Crippen molar-refractivity contribution in [2.45, 2.75) is 13.5 Å². The first kappa shape index (κ1) is 19.1. The van der Waals surface area contributed by atoms with E-state index in [4.69, 9.17) is 28.3 Å². The van der Waals surface area contributed by atoms with E-state index in [-0.39, 0.29) is 0 Å². The number of anilines is 1. The Hall–Kier alpha value is -2.70. The molecule has 5 nitrogen and oxygen atoms in total. The number of thiocarbonyl (C=S) groups is 1. The van der Waals surface area contributed by atoms with Gasteiger partial charge < -0.3 is 14.7 Å². The van der Waals surface area contributed by atoms with Gasteiger partial charge in [0.2, 0.25) is 11.7 Å². The lowest BCUT2D eigenvalue weighted by atomic mass is 10.2. The van der Waals surface area contributed by atoms with Gasteiger partial charge in [-0.3, -0.25) is 0 Å². The molecule has 0 aliphatic heterocycles. The van der Waals surface area contributed by atoms with E-state index < -0.39 is 0 Å². The van der Waals surface area contributed by atoms with Gasteiger partial charge in [-0.2, -0.15) is 4.98 Å². The van der Waals surface area contributed by atoms with Crippen LogP contribution < -0.4 is 5.32 Å². The largest absolute Gasteiger partial charge is 0.337 e. The molecule has 0 amide bonds. The van der Waals surface area contributed by atoms with Crippen molar-refractivity contribution >= 4 is 34.6 Å². The summed E-state index contributed by atoms with van der Waals surface area (Å²) in [5, 5.41) is 8.50. The first-order valence-electron chi connectivity index (χ1n) is 8.37. The first-order valence-corrected chi connectivity index (χ1v) is 9.16. The van der Waals surface area contributed by atoms with E-state index in [2.05, 4.69) is 22.0 Å². The van der Waals surface area contributed by atoms with Gasteiger partial charge in [-0.25, -0.2) is 0 Å². The summed E-state index contributed by atoms with van der Waals surface area (Å²) in [6, 6.07) is 15.3. The number of aryl methyl sites for hydroxylation is 1. The summed E-state index contributed by atoms with van der Waals surface area (Å²) >= 11 is 11.5. The summed E-state index contributed by atoms with van der Waals surface area (Å²) in [7, 11) is 0. The molecule has 3 aromatic rings. The molecule has 0 unspecified atom stereocenters. The maximum Gasteiger partial charge on any atom is 0.246 e. The van der Waals surface area contributed by atoms with Crippen LogP contribution in [0.4, 0.5) is 5.69 Å². The molecule has 138 valence electrons. The molecule has 0 aliphatic rings. The lowest BCUT2D eigenvalue weighted by Gasteiger charge is -2.23. The number of halogens is 1. The van der Waals surface area contributed by atoms with Crippen LogP contribution in [-0.2, 0) is 6.54 Å². The second kappa shape index (κ2) is 8.79. The smallest absolute Gasteiger partial charge is 0.246 e. The number of hydrogen-bond acceptors (Lipinski definition) is 4. The Kier molecular flexibility index (Phi) is 6.21. The minimum absolute atomic E-state index is 0.379. The van der Waals surface area contributed by atoms with E-state index in [1.54, 1.807) is 18.2 Å². The highest BCUT2D eigenvalue weighted by Gasteiger charge is 2.15. The van der Waals surface area contributed by atoms with E-state index in [9.17, 15) is 0 Å². The van der Waals surface area contributed by atoms with Gasteiger partial charge in [-0.05, 0) is 61.1 Å². The van der Waals surface area contributed by atoms with Crippen molar-refractivity contribution in [3.05, 3.63) is 77.7 Å². The Morgan fingerprint density at radius 3 is 2.78 bits per heavy atom. The highest BCUT2D eigenvalue weighted by molar-refractivity contribution is 7.80. The molecule has 7 heteroatoms. The molecule has 0 saturated heterocycles. The lowest BCUT2D eigenvalue weighted by Crippen LogP contribution is -2.34. The number of nitrogens with one attached hydrogen (secondary N) is 1. The van der Waals surface area contributed by atoms with E-state index in [0.717, 1.165) is 16.8 Å². The highest BCUT2D eigenvalue weighted by atomic mass is 35.5. The predicted molar refractivity (Wildman–Crippen MR) is 113 cm³/mol. The Labute approximate surface area is 168 Å². The SMILES string of the molecule is C=CCN(Cc1nc(-c2ccc(Cl)cc2)no1)C(=S)Nc1cccc(C)c1. The van der Waals surface area contributed by atoms with Crippen molar-refractivity contribution < 1.29 is 4.52 Å². The maximum atomic E-state index is 5.92. The zero-order valence-corrected chi connectivity index (χ0v) is 16.4. The number of hydrogen-bond donors (Lipinski definition) is 1. The number of aromatic nitrogens is 2. The Morgan fingerprint density at radius 1 is 1.30 bits per heavy atom. The zero-order valence-electron chi connectivity index (χ0n) is 14.9. The molecular formula is C20H19ClN4OS. The third kappa shape index (κ3) is 5.15. The van der Waals surface area contributed by atoms with Crippen molar-refractivity contribution in [3.63, 3.8) is 0 Å². The summed E-state index contributed by atoms with van der Waals surface area (Å²) < 4.78 is 5.39. The number of rotatable bonds is 6. The minimum Gasteiger partial charge on any atom is -0.337 e. The Morgan fingerprint density at radius 2 is 2.07 bits per heavy atom. The third-order valence-electron chi connectivity index (χ3n) is 3.80. The Balaban J connectivity index is 1.71. The van der Waals surface area contributed by atoms with Gasteiger partial charge in [0.25, 0.3) is 0 Å². The van der Waals surface area contributed by atoms with Crippen LogP contribution in [0.15, 0.2) is 65.7 Å². The first-order chi connectivity index (χ1) is 13.0. The monoisotopic (exact) mass is 398 g/mol. The normalized spacial score (nSPS) is 10.4. The van der Waals surface area contributed by atoms with E-state index in [1.165, 1.54) is 0 Å². The molecule has 0 fully saturated rings. The molecule has 0 aliphatic carbocycles. The van der Waals surface area contributed by atoms with Crippen molar-refractivity contribution in [1.82, 2.24) is 15.0 Å². The van der Waals surface area contributed by atoms with Crippen molar-refractivity contribution in [3.8, 4) is 11.4 Å². The molecule has 0 bridgehead atoms. The van der Waals surface area contributed by atoms with Crippen LogP contribution in [0.3, 0.4) is 0 Å². The number of benzene rings is 2. The molecule has 2 aromatic carbocycles. The van der Waals surface area contributed by atoms with Gasteiger partial charge >= 0.3 is 0 Å². The third-order valence-corrected chi connectivity index (χ3v) is 4.41. The van der Waals surface area contributed by atoms with Gasteiger partial charge in [0, 0.05) is 22.8 Å². The van der Waals surface area contributed by atoms with Gasteiger partial charge in [-0.1, -0.05) is 35.0 Å². The van der Waals surface area contributed by atoms with E-state index in [1.807, 2.05) is 48.2 Å². The van der Waals surface area contributed by atoms with E-state index in [0.29, 0.717) is 34.9 Å². The van der Waals surface area contributed by atoms with Gasteiger partial charge in [0.15, 0.2) is 5.11 Å². The zero-order chi connectivity index (χ0) is 19.2. The van der Waals surface area contributed by atoms with Crippen LogP contribution in [-0.4, -0.2) is 26.7 Å². The topological polar surface area (TPSA) is 54.2 Å². The molecule has 27 heavy (non-hydrogen) atoms. The molecular weight excluding hydrogens is 380 g/mol. The fourth-order valence-electron chi connectivity index (χ4n) is 2.50. The highest BCUT2D eigenvalue weighted by Crippen LogP contribution is 2.19. The van der Waals surface area contributed by atoms with Gasteiger partial charge in [-0.15, -0.1) is 6.58 Å². The van der Waals surface area contributed by atoms with Crippen LogP contribution in [0.1, 0.15) is 11.5 Å². The van der Waals surface area contributed by atoms with Crippen LogP contribution in [0, 0.1) is 6.92 Å². The molecule has 0 spiro atoms. The van der Waals surface area contributed by atoms with Crippen molar-refractivity contribution in [1.29, 1.82) is 0 Å². The quantitative estimate of drug-likeness (QED) is 0.461. The fourth-order valence-corrected chi connectivity index (χ4v) is 2.88. The average Bonchev–Trinajstić information content (AvgIpc) is 3.10. The van der Waals surface area contributed by atoms with E-state index >= 15 is 0 Å². The van der Waals surface area contributed by atoms with Crippen LogP contribution in [0.25, 0.3) is 11.4 Å². The summed E-state index contributed by atoms with van der Waals surface area (Å²) in [6.45, 7) is 6.76. The second-order valence-corrected chi connectivity index (χ2v) is 6.81. The standard InChI is InChI=1S/C20H19ClN4OS/c1-3-11-25(20(27)22-17-6-4-5-14(2)12-17)13-18-23-19(24-26-18)15-7-9-16(21)10-8-15/h3-10,12H,1,11,13H2,2H3,(H,22,27). The summed E-state index contributed by atoms with van der Waals surface area (Å²) in [4.78, 5) is 6.36. The van der Waals surface area contributed by atoms with Crippen LogP contribution >= 0.6 is 23.8 Å². The molecule has 0 saturated carbocycles. The minimum atomic E-state index is 0.379. The average molecular weight is 399 g/mol. The molecule has 3 rings (SSSR count). The summed E-state index contributed by atoms with van der Waals surface area (Å²) in [5.74, 6) is 0.980. The number of nitrogens with zero attached hydrogens (tertiary/aromatic N) is 3. The van der Waals surface area contributed by atoms with Gasteiger partial charge in [0.05, 0.1) is 6.54 Å². The molecule has 1 aromatic heterocycles. The van der Waals surface area contributed by atoms with Crippen molar-refractivity contribution in [2.24, 2.45) is 0 Å². The molecule has 1 heterocycles. The summed E-state index contributed by atoms with van der Waals surface area (Å²) in [6.07, 6.45) is 1.78. The Bertz CT molecular complexity index is 939. The molecule has 0 atom stereocenters. The van der Waals surface area contributed by atoms with Crippen molar-refractivity contribution in [2.75, 3.05) is 11.9 Å². The summed E-state index contributed by atoms with van der Waals surface area (Å²) in [5.41, 5.74) is 2.93. The van der Waals surface area contributed by atoms with Crippen LogP contribution in [0.2, 0.25) is 5.02 Å². The second-order valence-electron chi connectivity index (χ2n) is 5.99. The molecule has 0 radical (unpaired) electrons. The lowest BCUT2D eigenvalue weighted by molar-refractivity contribution is 0.326. The van der Waals surface area contributed by atoms with Gasteiger partial charge in [0.1, 0.15) is 0 Å². The molecule has 1 N–H and O–H groups in total. The predicted octanol–water partition coefficient (Wildman–Crippen LogP) is 5.08. The fraction of sp³-hybridized carbons (Fsp3) is 0.150.